The normalized spacial score (nSPS) is 10.1. The summed E-state index contributed by atoms with van der Waals surface area (Å²) in [4.78, 5) is 6.38. The zero-order chi connectivity index (χ0) is 13.1. The van der Waals surface area contributed by atoms with Crippen LogP contribution < -0.4 is 10.6 Å². The molecule has 2 aromatic rings. The molecule has 0 aliphatic heterocycles. The van der Waals surface area contributed by atoms with Crippen LogP contribution in [-0.4, -0.2) is 17.9 Å². The molecule has 0 atom stereocenters. The van der Waals surface area contributed by atoms with Crippen molar-refractivity contribution >= 4 is 17.3 Å². The van der Waals surface area contributed by atoms with Crippen molar-refractivity contribution in [3.63, 3.8) is 0 Å². The molecular weight excluding hydrogens is 224 g/mol. The molecule has 2 rings (SSSR count). The maximum absolute atomic E-state index is 7.36. The maximum atomic E-state index is 7.36. The third-order valence-corrected chi connectivity index (χ3v) is 2.87. The molecule has 0 aliphatic rings. The highest BCUT2D eigenvalue weighted by molar-refractivity contribution is 5.95. The lowest BCUT2D eigenvalue weighted by Crippen LogP contribution is -2.14. The zero-order valence-corrected chi connectivity index (χ0v) is 10.5. The number of hydrogen-bond acceptors (Lipinski definition) is 3. The Morgan fingerprint density at radius 2 is 1.89 bits per heavy atom. The fraction of sp³-hybridized carbons (Fsp3) is 0.143. The number of amidine groups is 1. The minimum atomic E-state index is 0.0817. The molecule has 0 unspecified atom stereocenters. The van der Waals surface area contributed by atoms with Crippen LogP contribution >= 0.6 is 0 Å². The summed E-state index contributed by atoms with van der Waals surface area (Å²) in [6.45, 7) is 2.03. The molecule has 0 bridgehead atoms. The van der Waals surface area contributed by atoms with E-state index in [4.69, 9.17) is 11.1 Å². The fourth-order valence-corrected chi connectivity index (χ4v) is 1.82. The average molecular weight is 240 g/mol. The second-order valence-electron chi connectivity index (χ2n) is 4.16. The second kappa shape index (κ2) is 4.87. The van der Waals surface area contributed by atoms with Crippen LogP contribution in [-0.2, 0) is 0 Å². The van der Waals surface area contributed by atoms with Crippen LogP contribution in [0.1, 0.15) is 11.1 Å². The topological polar surface area (TPSA) is 66.0 Å². The van der Waals surface area contributed by atoms with Crippen molar-refractivity contribution < 1.29 is 0 Å². The van der Waals surface area contributed by atoms with Gasteiger partial charge >= 0.3 is 0 Å². The number of nitrogen functional groups attached to an aromatic ring is 1. The van der Waals surface area contributed by atoms with Gasteiger partial charge in [-0.05, 0) is 42.8 Å². The Morgan fingerprint density at radius 3 is 2.44 bits per heavy atom. The number of benzene rings is 1. The number of pyridine rings is 1. The van der Waals surface area contributed by atoms with E-state index in [1.165, 1.54) is 0 Å². The van der Waals surface area contributed by atoms with E-state index in [2.05, 4.69) is 4.98 Å². The third kappa shape index (κ3) is 2.32. The van der Waals surface area contributed by atoms with Crippen molar-refractivity contribution in [2.24, 2.45) is 5.73 Å². The van der Waals surface area contributed by atoms with Crippen LogP contribution in [0.4, 0.5) is 11.5 Å². The summed E-state index contributed by atoms with van der Waals surface area (Å²) in [7, 11) is 1.97. The minimum absolute atomic E-state index is 0.0817. The number of aryl methyl sites for hydroxylation is 1. The summed E-state index contributed by atoms with van der Waals surface area (Å²) in [6, 6.07) is 11.5. The van der Waals surface area contributed by atoms with Gasteiger partial charge < -0.3 is 10.6 Å². The average Bonchev–Trinajstić information content (AvgIpc) is 2.38. The predicted octanol–water partition coefficient (Wildman–Crippen LogP) is 2.44. The van der Waals surface area contributed by atoms with Gasteiger partial charge in [-0.1, -0.05) is 6.07 Å². The van der Waals surface area contributed by atoms with Crippen LogP contribution in [0.15, 0.2) is 42.6 Å². The van der Waals surface area contributed by atoms with Crippen molar-refractivity contribution in [2.45, 2.75) is 6.92 Å². The molecule has 0 fully saturated rings. The number of aromatic nitrogens is 1. The molecular formula is C14H16N4. The van der Waals surface area contributed by atoms with E-state index in [9.17, 15) is 0 Å². The maximum Gasteiger partial charge on any atom is 0.135 e. The van der Waals surface area contributed by atoms with E-state index in [0.29, 0.717) is 0 Å². The Bertz CT molecular complexity index is 560. The molecule has 1 heterocycles. The molecule has 1 aromatic carbocycles. The van der Waals surface area contributed by atoms with Gasteiger partial charge in [-0.3, -0.25) is 5.41 Å². The van der Waals surface area contributed by atoms with E-state index in [0.717, 1.165) is 22.6 Å². The monoisotopic (exact) mass is 240 g/mol. The van der Waals surface area contributed by atoms with E-state index in [-0.39, 0.29) is 5.84 Å². The lowest BCUT2D eigenvalue weighted by atomic mass is 10.1. The second-order valence-corrected chi connectivity index (χ2v) is 4.16. The molecule has 4 nitrogen and oxygen atoms in total. The Kier molecular flexibility index (Phi) is 3.28. The Balaban J connectivity index is 2.32. The highest BCUT2D eigenvalue weighted by atomic mass is 15.2. The van der Waals surface area contributed by atoms with Crippen molar-refractivity contribution in [3.8, 4) is 0 Å². The fourth-order valence-electron chi connectivity index (χ4n) is 1.82. The molecule has 92 valence electrons. The highest BCUT2D eigenvalue weighted by Crippen LogP contribution is 2.24. The molecule has 0 spiro atoms. The Morgan fingerprint density at radius 1 is 1.22 bits per heavy atom. The smallest absolute Gasteiger partial charge is 0.135 e. The largest absolute Gasteiger partial charge is 0.384 e. The van der Waals surface area contributed by atoms with Gasteiger partial charge in [-0.15, -0.1) is 0 Å². The first-order valence-electron chi connectivity index (χ1n) is 5.69. The summed E-state index contributed by atoms with van der Waals surface area (Å²) in [5, 5.41) is 7.36. The Hall–Kier alpha value is -2.36. The van der Waals surface area contributed by atoms with Gasteiger partial charge in [0, 0.05) is 24.5 Å². The van der Waals surface area contributed by atoms with Gasteiger partial charge in [0.15, 0.2) is 0 Å². The van der Waals surface area contributed by atoms with E-state index in [1.807, 2.05) is 55.3 Å². The standard InChI is InChI=1S/C14H16N4/c1-10-4-3-9-17-14(10)18(2)12-7-5-11(6-8-12)13(15)16/h3-9H,1-2H3,(H3,15,16). The SMILES string of the molecule is Cc1cccnc1N(C)c1ccc(C(=N)N)cc1. The molecule has 0 saturated carbocycles. The van der Waals surface area contributed by atoms with Gasteiger partial charge in [-0.2, -0.15) is 0 Å². The number of nitrogens with zero attached hydrogens (tertiary/aromatic N) is 2. The first-order valence-corrected chi connectivity index (χ1v) is 5.69. The number of nitrogens with two attached hydrogens (primary N) is 1. The number of hydrogen-bond donors (Lipinski definition) is 2. The van der Waals surface area contributed by atoms with Gasteiger partial charge in [0.1, 0.15) is 11.7 Å². The van der Waals surface area contributed by atoms with Crippen LogP contribution in [0.5, 0.6) is 0 Å². The minimum Gasteiger partial charge on any atom is -0.384 e. The number of nitrogens with one attached hydrogen (secondary N) is 1. The molecule has 4 heteroatoms. The van der Waals surface area contributed by atoms with Crippen LogP contribution in [0, 0.1) is 12.3 Å². The highest BCUT2D eigenvalue weighted by Gasteiger charge is 2.07. The third-order valence-electron chi connectivity index (χ3n) is 2.87. The molecule has 1 aromatic heterocycles. The summed E-state index contributed by atoms with van der Waals surface area (Å²) in [5.74, 6) is 1.01. The molecule has 3 N–H and O–H groups in total. The Labute approximate surface area is 107 Å². The molecule has 0 aliphatic carbocycles. The molecule has 0 amide bonds. The zero-order valence-electron chi connectivity index (χ0n) is 10.5. The quantitative estimate of drug-likeness (QED) is 0.639. The first-order chi connectivity index (χ1) is 8.59. The predicted molar refractivity (Wildman–Crippen MR) is 74.5 cm³/mol. The van der Waals surface area contributed by atoms with Crippen molar-refractivity contribution in [3.05, 3.63) is 53.7 Å². The van der Waals surface area contributed by atoms with Crippen molar-refractivity contribution in [1.29, 1.82) is 5.41 Å². The number of rotatable bonds is 3. The van der Waals surface area contributed by atoms with Gasteiger partial charge in [0.2, 0.25) is 0 Å². The lowest BCUT2D eigenvalue weighted by molar-refractivity contribution is 1.10. The summed E-state index contributed by atoms with van der Waals surface area (Å²) >= 11 is 0. The molecule has 0 radical (unpaired) electrons. The van der Waals surface area contributed by atoms with E-state index in [1.54, 1.807) is 6.20 Å². The molecule has 0 saturated heterocycles. The van der Waals surface area contributed by atoms with Gasteiger partial charge in [0.05, 0.1) is 0 Å². The first kappa shape index (κ1) is 12.1. The van der Waals surface area contributed by atoms with Crippen molar-refractivity contribution in [1.82, 2.24) is 4.98 Å². The van der Waals surface area contributed by atoms with Crippen LogP contribution in [0.3, 0.4) is 0 Å². The summed E-state index contributed by atoms with van der Waals surface area (Å²) < 4.78 is 0. The van der Waals surface area contributed by atoms with Gasteiger partial charge in [-0.25, -0.2) is 4.98 Å². The lowest BCUT2D eigenvalue weighted by Gasteiger charge is -2.20. The van der Waals surface area contributed by atoms with Gasteiger partial charge in [0.25, 0.3) is 0 Å². The van der Waals surface area contributed by atoms with Crippen molar-refractivity contribution in [2.75, 3.05) is 11.9 Å². The molecule has 18 heavy (non-hydrogen) atoms. The van der Waals surface area contributed by atoms with E-state index < -0.39 is 0 Å². The number of anilines is 2. The van der Waals surface area contributed by atoms with E-state index >= 15 is 0 Å². The summed E-state index contributed by atoms with van der Waals surface area (Å²) in [5.41, 5.74) is 8.30. The van der Waals surface area contributed by atoms with Crippen LogP contribution in [0.25, 0.3) is 0 Å². The van der Waals surface area contributed by atoms with Crippen LogP contribution in [0.2, 0.25) is 0 Å². The summed E-state index contributed by atoms with van der Waals surface area (Å²) in [6.07, 6.45) is 1.78.